The van der Waals surface area contributed by atoms with Crippen LogP contribution in [0.15, 0.2) is 72.8 Å². The van der Waals surface area contributed by atoms with Gasteiger partial charge in [-0.05, 0) is 35.4 Å². The quantitative estimate of drug-likeness (QED) is 0.529. The van der Waals surface area contributed by atoms with Crippen molar-refractivity contribution in [2.75, 3.05) is 44.8 Å². The zero-order valence-electron chi connectivity index (χ0n) is 19.0. The normalized spacial score (nSPS) is 18.3. The molecule has 0 spiro atoms. The van der Waals surface area contributed by atoms with Crippen molar-refractivity contribution in [3.8, 4) is 5.75 Å². The van der Waals surface area contributed by atoms with Gasteiger partial charge in [0.25, 0.3) is 5.91 Å². The van der Waals surface area contributed by atoms with Gasteiger partial charge in [-0.15, -0.1) is 0 Å². The summed E-state index contributed by atoms with van der Waals surface area (Å²) in [6.45, 7) is 5.28. The summed E-state index contributed by atoms with van der Waals surface area (Å²) in [5.74, 6) is 0.640. The van der Waals surface area contributed by atoms with E-state index in [4.69, 9.17) is 21.1 Å². The second-order valence-corrected chi connectivity index (χ2v) is 8.91. The summed E-state index contributed by atoms with van der Waals surface area (Å²) < 4.78 is 11.4. The maximum atomic E-state index is 13.5. The number of nitrogens with zero attached hydrogens (tertiary/aromatic N) is 2. The Balaban J connectivity index is 1.35. The van der Waals surface area contributed by atoms with Crippen LogP contribution in [-0.2, 0) is 11.3 Å². The van der Waals surface area contributed by atoms with Gasteiger partial charge in [0.05, 0.1) is 23.8 Å². The van der Waals surface area contributed by atoms with Gasteiger partial charge in [-0.2, -0.15) is 0 Å². The maximum Gasteiger partial charge on any atom is 0.258 e. The monoisotopic (exact) mass is 477 g/mol. The van der Waals surface area contributed by atoms with Crippen LogP contribution in [0.25, 0.3) is 0 Å². The third-order valence-electron chi connectivity index (χ3n) is 6.26. The molecule has 176 valence electrons. The number of hydrogen-bond acceptors (Lipinski definition) is 5. The van der Waals surface area contributed by atoms with Crippen LogP contribution >= 0.6 is 11.6 Å². The zero-order chi connectivity index (χ0) is 23.3. The molecule has 0 saturated carbocycles. The highest BCUT2D eigenvalue weighted by molar-refractivity contribution is 6.32. The maximum absolute atomic E-state index is 13.5. The lowest BCUT2D eigenvalue weighted by Crippen LogP contribution is -2.42. The molecular formula is C27H28ClN3O3. The summed E-state index contributed by atoms with van der Waals surface area (Å²) >= 11 is 6.62. The van der Waals surface area contributed by atoms with Crippen molar-refractivity contribution in [2.24, 2.45) is 0 Å². The van der Waals surface area contributed by atoms with E-state index in [1.165, 1.54) is 0 Å². The van der Waals surface area contributed by atoms with E-state index in [1.807, 2.05) is 77.7 Å². The van der Waals surface area contributed by atoms with E-state index in [0.717, 1.165) is 49.7 Å². The molecule has 1 unspecified atom stereocenters. The van der Waals surface area contributed by atoms with Crippen LogP contribution in [0.1, 0.15) is 27.7 Å². The molecule has 1 atom stereocenters. The highest BCUT2D eigenvalue weighted by atomic mass is 35.5. The molecule has 0 aromatic heterocycles. The largest absolute Gasteiger partial charge is 0.491 e. The Bertz CT molecular complexity index is 1130. The van der Waals surface area contributed by atoms with Crippen LogP contribution in [0.5, 0.6) is 5.75 Å². The molecular weight excluding hydrogens is 450 g/mol. The van der Waals surface area contributed by atoms with Crippen LogP contribution in [0, 0.1) is 0 Å². The standard InChI is InChI=1S/C27H28ClN3O3/c28-23-18-21(10-11-25(23)34-17-14-30-12-15-33-16-13-30)26-29-24-9-5-4-8-22(24)27(32)31(26)19-20-6-2-1-3-7-20/h1-11,18,26,29H,12-17,19H2. The smallest absolute Gasteiger partial charge is 0.258 e. The Morgan fingerprint density at radius 2 is 1.76 bits per heavy atom. The number of para-hydroxylation sites is 1. The van der Waals surface area contributed by atoms with Crippen molar-refractivity contribution in [2.45, 2.75) is 12.7 Å². The van der Waals surface area contributed by atoms with Gasteiger partial charge in [-0.3, -0.25) is 9.69 Å². The van der Waals surface area contributed by atoms with Crippen LogP contribution < -0.4 is 10.1 Å². The van der Waals surface area contributed by atoms with Crippen LogP contribution in [0.2, 0.25) is 5.02 Å². The van der Waals surface area contributed by atoms with Gasteiger partial charge in [0.2, 0.25) is 0 Å². The fraction of sp³-hybridized carbons (Fsp3) is 0.296. The van der Waals surface area contributed by atoms with E-state index in [0.29, 0.717) is 29.5 Å². The van der Waals surface area contributed by atoms with Crippen LogP contribution in [0.4, 0.5) is 5.69 Å². The number of morpholine rings is 1. The van der Waals surface area contributed by atoms with E-state index >= 15 is 0 Å². The van der Waals surface area contributed by atoms with E-state index in [9.17, 15) is 4.79 Å². The average molecular weight is 478 g/mol. The fourth-order valence-electron chi connectivity index (χ4n) is 4.41. The molecule has 2 heterocycles. The van der Waals surface area contributed by atoms with Crippen molar-refractivity contribution in [1.29, 1.82) is 0 Å². The molecule has 6 nitrogen and oxygen atoms in total. The Kier molecular flexibility index (Phi) is 7.00. The van der Waals surface area contributed by atoms with Crippen molar-refractivity contribution in [3.63, 3.8) is 0 Å². The van der Waals surface area contributed by atoms with Crippen LogP contribution in [0.3, 0.4) is 0 Å². The van der Waals surface area contributed by atoms with E-state index in [2.05, 4.69) is 10.2 Å². The van der Waals surface area contributed by atoms with Gasteiger partial charge >= 0.3 is 0 Å². The lowest BCUT2D eigenvalue weighted by molar-refractivity contribution is 0.0322. The van der Waals surface area contributed by atoms with E-state index in [-0.39, 0.29) is 12.1 Å². The first-order valence-corrected chi connectivity index (χ1v) is 12.0. The number of nitrogens with one attached hydrogen (secondary N) is 1. The first kappa shape index (κ1) is 22.7. The first-order chi connectivity index (χ1) is 16.7. The van der Waals surface area contributed by atoms with Gasteiger partial charge in [-0.25, -0.2) is 0 Å². The topological polar surface area (TPSA) is 54.0 Å². The predicted molar refractivity (Wildman–Crippen MR) is 133 cm³/mol. The van der Waals surface area contributed by atoms with E-state index < -0.39 is 0 Å². The second kappa shape index (κ2) is 10.5. The molecule has 1 amide bonds. The molecule has 0 aliphatic carbocycles. The zero-order valence-corrected chi connectivity index (χ0v) is 19.7. The number of rotatable bonds is 7. The third kappa shape index (κ3) is 5.04. The molecule has 1 N–H and O–H groups in total. The summed E-state index contributed by atoms with van der Waals surface area (Å²) in [7, 11) is 0. The molecule has 3 aromatic rings. The Morgan fingerprint density at radius 3 is 2.56 bits per heavy atom. The molecule has 2 aliphatic heterocycles. The lowest BCUT2D eigenvalue weighted by atomic mass is 10.0. The molecule has 34 heavy (non-hydrogen) atoms. The summed E-state index contributed by atoms with van der Waals surface area (Å²) in [6.07, 6.45) is -0.345. The summed E-state index contributed by atoms with van der Waals surface area (Å²) in [5, 5.41) is 4.07. The number of fused-ring (bicyclic) bond motifs is 1. The minimum absolute atomic E-state index is 0.00911. The Labute approximate surface area is 205 Å². The molecule has 5 rings (SSSR count). The molecule has 3 aromatic carbocycles. The van der Waals surface area contributed by atoms with Crippen molar-refractivity contribution in [1.82, 2.24) is 9.80 Å². The van der Waals surface area contributed by atoms with Gasteiger partial charge in [0.15, 0.2) is 0 Å². The Morgan fingerprint density at radius 1 is 1.00 bits per heavy atom. The van der Waals surface area contributed by atoms with Gasteiger partial charge in [-0.1, -0.05) is 60.1 Å². The van der Waals surface area contributed by atoms with Crippen LogP contribution in [-0.4, -0.2) is 55.2 Å². The lowest BCUT2D eigenvalue weighted by Gasteiger charge is -2.38. The van der Waals surface area contributed by atoms with Crippen molar-refractivity contribution >= 4 is 23.2 Å². The average Bonchev–Trinajstić information content (AvgIpc) is 2.88. The number of carbonyl (C=O) groups excluding carboxylic acids is 1. The highest BCUT2D eigenvalue weighted by Crippen LogP contribution is 2.36. The number of halogens is 1. The minimum atomic E-state index is -0.345. The van der Waals surface area contributed by atoms with Gasteiger partial charge < -0.3 is 19.7 Å². The second-order valence-electron chi connectivity index (χ2n) is 8.50. The summed E-state index contributed by atoms with van der Waals surface area (Å²) in [6, 6.07) is 23.4. The van der Waals surface area contributed by atoms with Crippen molar-refractivity contribution < 1.29 is 14.3 Å². The molecule has 1 fully saturated rings. The predicted octanol–water partition coefficient (Wildman–Crippen LogP) is 4.82. The third-order valence-corrected chi connectivity index (χ3v) is 6.55. The summed E-state index contributed by atoms with van der Waals surface area (Å²) in [5.41, 5.74) is 3.47. The SMILES string of the molecule is O=C1c2ccccc2NC(c2ccc(OCCN3CCOCC3)c(Cl)c2)N1Cc1ccccc1. The number of ether oxygens (including phenoxy) is 2. The molecule has 1 saturated heterocycles. The number of anilines is 1. The van der Waals surface area contributed by atoms with Crippen molar-refractivity contribution in [3.05, 3.63) is 94.5 Å². The Hall–Kier alpha value is -3.06. The molecule has 0 radical (unpaired) electrons. The minimum Gasteiger partial charge on any atom is -0.491 e. The van der Waals surface area contributed by atoms with Gasteiger partial charge in [0.1, 0.15) is 18.5 Å². The molecule has 0 bridgehead atoms. The number of benzene rings is 3. The molecule has 7 heteroatoms. The number of amides is 1. The summed E-state index contributed by atoms with van der Waals surface area (Å²) in [4.78, 5) is 17.6. The van der Waals surface area contributed by atoms with Gasteiger partial charge in [0, 0.05) is 31.9 Å². The first-order valence-electron chi connectivity index (χ1n) is 11.6. The molecule has 2 aliphatic rings. The highest BCUT2D eigenvalue weighted by Gasteiger charge is 2.33. The number of hydrogen-bond donors (Lipinski definition) is 1. The van der Waals surface area contributed by atoms with E-state index in [1.54, 1.807) is 0 Å². The fourth-order valence-corrected chi connectivity index (χ4v) is 4.66. The number of carbonyl (C=O) groups is 1.